The first-order valence-corrected chi connectivity index (χ1v) is 7.53. The van der Waals surface area contributed by atoms with Crippen LogP contribution in [0.25, 0.3) is 11.3 Å². The molecule has 112 valence electrons. The SMILES string of the molecule is Cc1ccc(-c2csc(NC(=O)Cc3nnnn3C)n2)cc1. The highest BCUT2D eigenvalue weighted by Gasteiger charge is 2.12. The molecule has 0 aliphatic carbocycles. The van der Waals surface area contributed by atoms with E-state index in [1.165, 1.54) is 21.6 Å². The molecular formula is C14H14N6OS. The first kappa shape index (κ1) is 14.3. The summed E-state index contributed by atoms with van der Waals surface area (Å²) in [5.41, 5.74) is 3.07. The molecule has 3 rings (SSSR count). The third-order valence-electron chi connectivity index (χ3n) is 3.12. The van der Waals surface area contributed by atoms with Crippen molar-refractivity contribution >= 4 is 22.4 Å². The van der Waals surface area contributed by atoms with E-state index >= 15 is 0 Å². The van der Waals surface area contributed by atoms with E-state index in [0.717, 1.165) is 11.3 Å². The Balaban J connectivity index is 1.68. The summed E-state index contributed by atoms with van der Waals surface area (Å²) >= 11 is 1.39. The quantitative estimate of drug-likeness (QED) is 0.794. The highest BCUT2D eigenvalue weighted by molar-refractivity contribution is 7.14. The Morgan fingerprint density at radius 3 is 2.77 bits per heavy atom. The molecule has 0 saturated heterocycles. The summed E-state index contributed by atoms with van der Waals surface area (Å²) < 4.78 is 1.47. The molecule has 0 saturated carbocycles. The average Bonchev–Trinajstić information content (AvgIpc) is 3.10. The molecule has 7 nitrogen and oxygen atoms in total. The minimum absolute atomic E-state index is 0.114. The average molecular weight is 314 g/mol. The van der Waals surface area contributed by atoms with Crippen molar-refractivity contribution in [1.29, 1.82) is 0 Å². The number of thiazole rings is 1. The van der Waals surface area contributed by atoms with E-state index in [0.29, 0.717) is 11.0 Å². The van der Waals surface area contributed by atoms with Crippen LogP contribution in [-0.4, -0.2) is 31.1 Å². The van der Waals surface area contributed by atoms with Crippen LogP contribution in [0.5, 0.6) is 0 Å². The molecule has 3 aromatic rings. The van der Waals surface area contributed by atoms with Crippen molar-refractivity contribution in [2.45, 2.75) is 13.3 Å². The van der Waals surface area contributed by atoms with Gasteiger partial charge in [-0.1, -0.05) is 29.8 Å². The number of nitrogens with zero attached hydrogens (tertiary/aromatic N) is 5. The normalized spacial score (nSPS) is 10.6. The zero-order chi connectivity index (χ0) is 15.5. The fraction of sp³-hybridized carbons (Fsp3) is 0.214. The summed E-state index contributed by atoms with van der Waals surface area (Å²) in [6.07, 6.45) is 0.114. The molecule has 2 heterocycles. The van der Waals surface area contributed by atoms with Crippen LogP contribution in [0.1, 0.15) is 11.4 Å². The van der Waals surface area contributed by atoms with Crippen molar-refractivity contribution in [2.75, 3.05) is 5.32 Å². The van der Waals surface area contributed by atoms with Crippen LogP contribution in [0.3, 0.4) is 0 Å². The van der Waals surface area contributed by atoms with E-state index in [1.54, 1.807) is 7.05 Å². The Morgan fingerprint density at radius 2 is 2.09 bits per heavy atom. The molecule has 22 heavy (non-hydrogen) atoms. The van der Waals surface area contributed by atoms with Gasteiger partial charge in [0.05, 0.1) is 12.1 Å². The highest BCUT2D eigenvalue weighted by atomic mass is 32.1. The van der Waals surface area contributed by atoms with Gasteiger partial charge in [0.1, 0.15) is 0 Å². The minimum atomic E-state index is -0.192. The molecular weight excluding hydrogens is 300 g/mol. The standard InChI is InChI=1S/C14H14N6OS/c1-9-3-5-10(6-4-9)11-8-22-14(15-11)16-13(21)7-12-17-18-19-20(12)2/h3-6,8H,7H2,1-2H3,(H,15,16,21). The fourth-order valence-corrected chi connectivity index (χ4v) is 2.63. The summed E-state index contributed by atoms with van der Waals surface area (Å²) in [6.45, 7) is 2.04. The monoisotopic (exact) mass is 314 g/mol. The zero-order valence-electron chi connectivity index (χ0n) is 12.1. The summed E-state index contributed by atoms with van der Waals surface area (Å²) in [5.74, 6) is 0.315. The second-order valence-corrected chi connectivity index (χ2v) is 5.71. The maximum absolute atomic E-state index is 12.0. The van der Waals surface area contributed by atoms with Crippen LogP contribution < -0.4 is 5.32 Å². The lowest BCUT2D eigenvalue weighted by molar-refractivity contribution is -0.115. The van der Waals surface area contributed by atoms with Crippen molar-refractivity contribution in [3.05, 3.63) is 41.0 Å². The van der Waals surface area contributed by atoms with Gasteiger partial charge in [0.25, 0.3) is 0 Å². The van der Waals surface area contributed by atoms with E-state index < -0.39 is 0 Å². The second-order valence-electron chi connectivity index (χ2n) is 4.85. The van der Waals surface area contributed by atoms with Crippen molar-refractivity contribution in [3.8, 4) is 11.3 Å². The number of amides is 1. The molecule has 8 heteroatoms. The predicted molar refractivity (Wildman–Crippen MR) is 83.4 cm³/mol. The Hall–Kier alpha value is -2.61. The lowest BCUT2D eigenvalue weighted by Gasteiger charge is -2.00. The van der Waals surface area contributed by atoms with Gasteiger partial charge in [-0.2, -0.15) is 0 Å². The molecule has 1 N–H and O–H groups in total. The molecule has 0 aliphatic heterocycles. The van der Waals surface area contributed by atoms with E-state index in [4.69, 9.17) is 0 Å². The van der Waals surface area contributed by atoms with Crippen LogP contribution in [0, 0.1) is 6.92 Å². The smallest absolute Gasteiger partial charge is 0.233 e. The molecule has 0 aliphatic rings. The molecule has 0 bridgehead atoms. The minimum Gasteiger partial charge on any atom is -0.302 e. The van der Waals surface area contributed by atoms with Crippen molar-refractivity contribution in [1.82, 2.24) is 25.2 Å². The summed E-state index contributed by atoms with van der Waals surface area (Å²) in [5, 5.41) is 16.2. The number of hydrogen-bond acceptors (Lipinski definition) is 6. The number of benzene rings is 1. The van der Waals surface area contributed by atoms with Crippen molar-refractivity contribution < 1.29 is 4.79 Å². The number of aromatic nitrogens is 5. The van der Waals surface area contributed by atoms with Gasteiger partial charge in [0, 0.05) is 18.0 Å². The first-order chi connectivity index (χ1) is 10.6. The third kappa shape index (κ3) is 3.17. The fourth-order valence-electron chi connectivity index (χ4n) is 1.89. The van der Waals surface area contributed by atoms with Gasteiger partial charge in [0.15, 0.2) is 11.0 Å². The van der Waals surface area contributed by atoms with Gasteiger partial charge < -0.3 is 5.32 Å². The van der Waals surface area contributed by atoms with E-state index in [9.17, 15) is 4.79 Å². The van der Waals surface area contributed by atoms with Crippen LogP contribution >= 0.6 is 11.3 Å². The Kier molecular flexibility index (Phi) is 3.92. The molecule has 0 radical (unpaired) electrons. The third-order valence-corrected chi connectivity index (χ3v) is 3.88. The number of anilines is 1. The van der Waals surface area contributed by atoms with E-state index in [-0.39, 0.29) is 12.3 Å². The Labute approximate surface area is 131 Å². The number of carbonyl (C=O) groups excluding carboxylic acids is 1. The molecule has 1 amide bonds. The predicted octanol–water partition coefficient (Wildman–Crippen LogP) is 1.82. The van der Waals surface area contributed by atoms with E-state index in [1.807, 2.05) is 36.6 Å². The molecule has 0 spiro atoms. The summed E-state index contributed by atoms with van der Waals surface area (Å²) in [6, 6.07) is 8.10. The number of hydrogen-bond donors (Lipinski definition) is 1. The molecule has 0 unspecified atom stereocenters. The summed E-state index contributed by atoms with van der Waals surface area (Å²) in [7, 11) is 1.70. The van der Waals surface area contributed by atoms with Gasteiger partial charge in [0.2, 0.25) is 5.91 Å². The van der Waals surface area contributed by atoms with Crippen LogP contribution in [0.4, 0.5) is 5.13 Å². The van der Waals surface area contributed by atoms with Crippen LogP contribution in [0.2, 0.25) is 0 Å². The number of nitrogens with one attached hydrogen (secondary N) is 1. The topological polar surface area (TPSA) is 85.6 Å². The zero-order valence-corrected chi connectivity index (χ0v) is 13.0. The molecule has 0 atom stereocenters. The Bertz CT molecular complexity index is 792. The molecule has 1 aromatic carbocycles. The van der Waals surface area contributed by atoms with Crippen LogP contribution in [-0.2, 0) is 18.3 Å². The lowest BCUT2D eigenvalue weighted by Crippen LogP contribution is -2.17. The Morgan fingerprint density at radius 1 is 1.32 bits per heavy atom. The first-order valence-electron chi connectivity index (χ1n) is 6.65. The van der Waals surface area contributed by atoms with E-state index in [2.05, 4.69) is 25.8 Å². The van der Waals surface area contributed by atoms with Crippen molar-refractivity contribution in [2.24, 2.45) is 7.05 Å². The maximum Gasteiger partial charge on any atom is 0.233 e. The van der Waals surface area contributed by atoms with Crippen LogP contribution in [0.15, 0.2) is 29.6 Å². The largest absolute Gasteiger partial charge is 0.302 e. The number of rotatable bonds is 4. The van der Waals surface area contributed by atoms with Gasteiger partial charge >= 0.3 is 0 Å². The van der Waals surface area contributed by atoms with Gasteiger partial charge in [-0.05, 0) is 17.4 Å². The summed E-state index contributed by atoms with van der Waals surface area (Å²) in [4.78, 5) is 16.4. The van der Waals surface area contributed by atoms with Gasteiger partial charge in [-0.15, -0.1) is 16.4 Å². The number of tetrazole rings is 1. The van der Waals surface area contributed by atoms with Crippen molar-refractivity contribution in [3.63, 3.8) is 0 Å². The van der Waals surface area contributed by atoms with Gasteiger partial charge in [-0.25, -0.2) is 9.67 Å². The molecule has 0 fully saturated rings. The lowest BCUT2D eigenvalue weighted by atomic mass is 10.1. The molecule has 2 aromatic heterocycles. The highest BCUT2D eigenvalue weighted by Crippen LogP contribution is 2.25. The number of carbonyl (C=O) groups is 1. The van der Waals surface area contributed by atoms with Gasteiger partial charge in [-0.3, -0.25) is 4.79 Å². The maximum atomic E-state index is 12.0. The number of aryl methyl sites for hydroxylation is 2. The second kappa shape index (κ2) is 6.02.